The summed E-state index contributed by atoms with van der Waals surface area (Å²) in [5.74, 6) is -1.96. The third-order valence-corrected chi connectivity index (χ3v) is 4.84. The molecule has 1 rings (SSSR count). The lowest BCUT2D eigenvalue weighted by atomic mass is 10.1. The van der Waals surface area contributed by atoms with E-state index in [9.17, 15) is 14.0 Å². The van der Waals surface area contributed by atoms with Crippen LogP contribution in [-0.4, -0.2) is 11.9 Å². The van der Waals surface area contributed by atoms with Gasteiger partial charge in [-0.2, -0.15) is 0 Å². The summed E-state index contributed by atoms with van der Waals surface area (Å²) < 4.78 is 24.6. The summed E-state index contributed by atoms with van der Waals surface area (Å²) in [5.41, 5.74) is 0. The Balaban J connectivity index is 2.43. The number of hydrogen-bond acceptors (Lipinski definition) is 4. The quantitative estimate of drug-likeness (QED) is 0.166. The fourth-order valence-electron chi connectivity index (χ4n) is 3.11. The van der Waals surface area contributed by atoms with Crippen molar-refractivity contribution in [2.24, 2.45) is 0 Å². The van der Waals surface area contributed by atoms with E-state index in [4.69, 9.17) is 9.47 Å². The monoisotopic (exact) mass is 408 g/mol. The summed E-state index contributed by atoms with van der Waals surface area (Å²) in [7, 11) is 0. The predicted molar refractivity (Wildman–Crippen MR) is 114 cm³/mol. The minimum atomic E-state index is -0.703. The lowest BCUT2D eigenvalue weighted by Gasteiger charge is -2.11. The topological polar surface area (TPSA) is 52.6 Å². The number of carbonyl (C=O) groups excluding carboxylic acids is 2. The first-order valence-electron chi connectivity index (χ1n) is 11.3. The van der Waals surface area contributed by atoms with Crippen molar-refractivity contribution in [1.29, 1.82) is 0 Å². The highest BCUT2D eigenvalue weighted by Gasteiger charge is 2.17. The highest BCUT2D eigenvalue weighted by Crippen LogP contribution is 2.31. The molecule has 0 heterocycles. The second-order valence-corrected chi connectivity index (χ2v) is 7.55. The van der Waals surface area contributed by atoms with Crippen molar-refractivity contribution in [3.8, 4) is 11.5 Å². The minimum absolute atomic E-state index is 0.0303. The van der Waals surface area contributed by atoms with Gasteiger partial charge in [0.05, 0.1) is 0 Å². The molecule has 0 radical (unpaired) electrons. The third kappa shape index (κ3) is 11.6. The first kappa shape index (κ1) is 25.1. The van der Waals surface area contributed by atoms with Crippen LogP contribution >= 0.6 is 0 Å². The maximum absolute atomic E-state index is 14.1. The molecular weight excluding hydrogens is 371 g/mol. The largest absolute Gasteiger partial charge is 0.422 e. The summed E-state index contributed by atoms with van der Waals surface area (Å²) in [5, 5.41) is 0. The Morgan fingerprint density at radius 1 is 0.724 bits per heavy atom. The Kier molecular flexibility index (Phi) is 13.8. The zero-order valence-electron chi connectivity index (χ0n) is 18.1. The summed E-state index contributed by atoms with van der Waals surface area (Å²) in [6, 6.07) is 4.09. The van der Waals surface area contributed by atoms with Gasteiger partial charge in [-0.25, -0.2) is 4.39 Å². The number of carbonyl (C=O) groups is 2. The Morgan fingerprint density at radius 2 is 1.21 bits per heavy atom. The standard InChI is InChI=1S/C24H37FO4/c1-3-5-7-9-11-13-18-22(26)28-21-17-15-16-20(25)24(21)29-23(27)19-14-12-10-8-6-4-2/h15-17H,3-14,18-19H2,1-2H3. The number of esters is 2. The molecule has 0 aliphatic rings. The van der Waals surface area contributed by atoms with E-state index in [0.29, 0.717) is 6.42 Å². The van der Waals surface area contributed by atoms with E-state index in [2.05, 4.69) is 13.8 Å². The maximum atomic E-state index is 14.1. The third-order valence-electron chi connectivity index (χ3n) is 4.84. The maximum Gasteiger partial charge on any atom is 0.311 e. The van der Waals surface area contributed by atoms with Gasteiger partial charge in [0.1, 0.15) is 0 Å². The van der Waals surface area contributed by atoms with Gasteiger partial charge in [-0.3, -0.25) is 9.59 Å². The first-order chi connectivity index (χ1) is 14.1. The molecule has 0 amide bonds. The fraction of sp³-hybridized carbons (Fsp3) is 0.667. The fourth-order valence-corrected chi connectivity index (χ4v) is 3.11. The zero-order chi connectivity index (χ0) is 21.3. The second-order valence-electron chi connectivity index (χ2n) is 7.55. The molecule has 5 heteroatoms. The number of hydrogen-bond donors (Lipinski definition) is 0. The molecule has 1 aromatic rings. The Morgan fingerprint density at radius 3 is 1.76 bits per heavy atom. The van der Waals surface area contributed by atoms with Gasteiger partial charge < -0.3 is 9.47 Å². The highest BCUT2D eigenvalue weighted by molar-refractivity contribution is 5.76. The molecule has 0 aliphatic carbocycles. The van der Waals surface area contributed by atoms with Crippen LogP contribution in [0.4, 0.5) is 4.39 Å². The normalized spacial score (nSPS) is 10.7. The van der Waals surface area contributed by atoms with E-state index in [1.165, 1.54) is 50.3 Å². The van der Waals surface area contributed by atoms with Crippen LogP contribution in [-0.2, 0) is 9.59 Å². The van der Waals surface area contributed by atoms with E-state index < -0.39 is 17.8 Å². The molecule has 0 aliphatic heterocycles. The van der Waals surface area contributed by atoms with Crippen molar-refractivity contribution in [3.63, 3.8) is 0 Å². The molecule has 0 spiro atoms. The molecule has 29 heavy (non-hydrogen) atoms. The van der Waals surface area contributed by atoms with Gasteiger partial charge in [0.2, 0.25) is 5.75 Å². The van der Waals surface area contributed by atoms with Crippen molar-refractivity contribution >= 4 is 11.9 Å². The van der Waals surface area contributed by atoms with Crippen LogP contribution in [0.1, 0.15) is 104 Å². The SMILES string of the molecule is CCCCCCCCC(=O)Oc1cccc(F)c1OC(=O)CCCCCCCC. The lowest BCUT2D eigenvalue weighted by Crippen LogP contribution is -2.13. The van der Waals surface area contributed by atoms with E-state index in [0.717, 1.165) is 38.5 Å². The van der Waals surface area contributed by atoms with Crippen LogP contribution in [0.2, 0.25) is 0 Å². The smallest absolute Gasteiger partial charge is 0.311 e. The number of halogens is 1. The van der Waals surface area contributed by atoms with Crippen molar-refractivity contribution in [3.05, 3.63) is 24.0 Å². The van der Waals surface area contributed by atoms with Gasteiger partial charge in [0.25, 0.3) is 0 Å². The van der Waals surface area contributed by atoms with E-state index in [-0.39, 0.29) is 24.3 Å². The predicted octanol–water partition coefficient (Wildman–Crippen LogP) is 7.14. The van der Waals surface area contributed by atoms with Crippen molar-refractivity contribution in [2.75, 3.05) is 0 Å². The zero-order valence-corrected chi connectivity index (χ0v) is 18.1. The molecule has 0 aromatic heterocycles. The van der Waals surface area contributed by atoms with E-state index in [1.807, 2.05) is 0 Å². The number of benzene rings is 1. The highest BCUT2D eigenvalue weighted by atomic mass is 19.1. The average molecular weight is 409 g/mol. The molecule has 4 nitrogen and oxygen atoms in total. The van der Waals surface area contributed by atoms with Crippen molar-refractivity contribution in [2.45, 2.75) is 104 Å². The molecule has 0 bridgehead atoms. The van der Waals surface area contributed by atoms with E-state index >= 15 is 0 Å². The summed E-state index contributed by atoms with van der Waals surface area (Å²) in [6.07, 6.45) is 13.2. The molecule has 164 valence electrons. The first-order valence-corrected chi connectivity index (χ1v) is 11.3. The average Bonchev–Trinajstić information content (AvgIpc) is 2.70. The molecule has 0 fully saturated rings. The van der Waals surface area contributed by atoms with Gasteiger partial charge in [-0.15, -0.1) is 0 Å². The Bertz CT molecular complexity index is 601. The van der Waals surface area contributed by atoms with Crippen LogP contribution < -0.4 is 9.47 Å². The minimum Gasteiger partial charge on any atom is -0.422 e. The Hall–Kier alpha value is -1.91. The second kappa shape index (κ2) is 15.9. The Labute approximate surface area is 175 Å². The molecule has 0 saturated carbocycles. The number of rotatable bonds is 16. The summed E-state index contributed by atoms with van der Waals surface area (Å²) in [6.45, 7) is 4.32. The van der Waals surface area contributed by atoms with Crippen molar-refractivity contribution < 1.29 is 23.5 Å². The molecule has 0 saturated heterocycles. The molecule has 0 atom stereocenters. The molecule has 0 N–H and O–H groups in total. The van der Waals surface area contributed by atoms with E-state index in [1.54, 1.807) is 0 Å². The van der Waals surface area contributed by atoms with Gasteiger partial charge in [0, 0.05) is 12.8 Å². The van der Waals surface area contributed by atoms with Crippen LogP contribution in [0.5, 0.6) is 11.5 Å². The van der Waals surface area contributed by atoms with Gasteiger partial charge in [0.15, 0.2) is 11.6 Å². The molecule has 1 aromatic carbocycles. The molecular formula is C24H37FO4. The van der Waals surface area contributed by atoms with Crippen LogP contribution in [0, 0.1) is 5.82 Å². The van der Waals surface area contributed by atoms with Gasteiger partial charge >= 0.3 is 11.9 Å². The van der Waals surface area contributed by atoms with Gasteiger partial charge in [-0.05, 0) is 25.0 Å². The van der Waals surface area contributed by atoms with Crippen LogP contribution in [0.15, 0.2) is 18.2 Å². The van der Waals surface area contributed by atoms with Crippen molar-refractivity contribution in [1.82, 2.24) is 0 Å². The molecule has 0 unspecified atom stereocenters. The number of para-hydroxylation sites is 1. The lowest BCUT2D eigenvalue weighted by molar-refractivity contribution is -0.137. The summed E-state index contributed by atoms with van der Waals surface area (Å²) >= 11 is 0. The van der Waals surface area contributed by atoms with Crippen LogP contribution in [0.3, 0.4) is 0 Å². The number of unbranched alkanes of at least 4 members (excludes halogenated alkanes) is 10. The van der Waals surface area contributed by atoms with Crippen LogP contribution in [0.25, 0.3) is 0 Å². The number of ether oxygens (including phenoxy) is 2. The van der Waals surface area contributed by atoms with Gasteiger partial charge in [-0.1, -0.05) is 84.1 Å². The summed E-state index contributed by atoms with van der Waals surface area (Å²) in [4.78, 5) is 24.1.